The number of anilines is 3. The predicted octanol–water partition coefficient (Wildman–Crippen LogP) is 2.64. The van der Waals surface area contributed by atoms with Gasteiger partial charge in [0.1, 0.15) is 0 Å². The quantitative estimate of drug-likeness (QED) is 0.375. The SMILES string of the molecule is COc1c(NC(=O)c2ccc(C)c(N3C=C(C4CN=C(S(C)=O)N4C)NN3)c2)cc(C(C)(C)C)cc1NS(C)(=O)=O. The number of carbonyl (C=O) groups is 1. The van der Waals surface area contributed by atoms with Gasteiger partial charge in [0.15, 0.2) is 10.9 Å². The molecule has 1 amide bonds. The summed E-state index contributed by atoms with van der Waals surface area (Å²) in [6.45, 7) is 8.40. The zero-order valence-corrected chi connectivity index (χ0v) is 26.1. The fourth-order valence-electron chi connectivity index (χ4n) is 4.61. The summed E-state index contributed by atoms with van der Waals surface area (Å²) in [5.41, 5.74) is 10.2. The van der Waals surface area contributed by atoms with Crippen LogP contribution in [0.15, 0.2) is 47.2 Å². The molecular formula is C27H37N7O5S2. The van der Waals surface area contributed by atoms with E-state index in [9.17, 15) is 17.4 Å². The first-order valence-electron chi connectivity index (χ1n) is 12.8. The van der Waals surface area contributed by atoms with Gasteiger partial charge in [0.25, 0.3) is 5.91 Å². The monoisotopic (exact) mass is 603 g/mol. The van der Waals surface area contributed by atoms with Crippen molar-refractivity contribution in [3.8, 4) is 5.75 Å². The minimum Gasteiger partial charge on any atom is -0.492 e. The average molecular weight is 604 g/mol. The second kappa shape index (κ2) is 11.3. The predicted molar refractivity (Wildman–Crippen MR) is 164 cm³/mol. The number of ether oxygens (including phenoxy) is 1. The Bertz CT molecular complexity index is 1560. The van der Waals surface area contributed by atoms with E-state index in [-0.39, 0.29) is 22.9 Å². The highest BCUT2D eigenvalue weighted by Crippen LogP contribution is 2.39. The van der Waals surface area contributed by atoms with Crippen LogP contribution in [0.2, 0.25) is 0 Å². The molecule has 0 aliphatic carbocycles. The van der Waals surface area contributed by atoms with Crippen molar-refractivity contribution in [1.29, 1.82) is 0 Å². The Labute approximate surface area is 243 Å². The maximum Gasteiger partial charge on any atom is 0.255 e. The summed E-state index contributed by atoms with van der Waals surface area (Å²) in [7, 11) is -1.50. The number of benzene rings is 2. The fraction of sp³-hybridized carbons (Fsp3) is 0.407. The van der Waals surface area contributed by atoms with E-state index in [0.717, 1.165) is 28.8 Å². The first-order chi connectivity index (χ1) is 19.1. The topological polar surface area (TPSA) is 144 Å². The number of methoxy groups -OCH3 is 1. The Balaban J connectivity index is 1.63. The minimum absolute atomic E-state index is 0.101. The number of aliphatic imine (C=N–C) groups is 1. The molecule has 2 aromatic rings. The molecule has 2 unspecified atom stereocenters. The molecule has 41 heavy (non-hydrogen) atoms. The third kappa shape index (κ3) is 6.66. The molecule has 0 saturated heterocycles. The van der Waals surface area contributed by atoms with Crippen LogP contribution < -0.4 is 30.7 Å². The minimum atomic E-state index is -3.60. The van der Waals surface area contributed by atoms with Crippen LogP contribution in [0, 0.1) is 6.92 Å². The van der Waals surface area contributed by atoms with Crippen LogP contribution in [-0.4, -0.2) is 67.9 Å². The largest absolute Gasteiger partial charge is 0.492 e. The molecule has 2 aromatic carbocycles. The van der Waals surface area contributed by atoms with Crippen molar-refractivity contribution in [3.05, 3.63) is 58.9 Å². The van der Waals surface area contributed by atoms with Gasteiger partial charge in [-0.25, -0.2) is 8.42 Å². The van der Waals surface area contributed by atoms with Crippen molar-refractivity contribution >= 4 is 49.0 Å². The molecule has 222 valence electrons. The lowest BCUT2D eigenvalue weighted by Crippen LogP contribution is -2.42. The smallest absolute Gasteiger partial charge is 0.255 e. The molecule has 0 fully saturated rings. The number of amides is 1. The van der Waals surface area contributed by atoms with Crippen LogP contribution in [0.3, 0.4) is 0 Å². The number of aryl methyl sites for hydroxylation is 1. The zero-order chi connectivity index (χ0) is 30.3. The molecule has 0 bridgehead atoms. The molecule has 0 saturated carbocycles. The van der Waals surface area contributed by atoms with Crippen LogP contribution in [0.25, 0.3) is 0 Å². The number of hydrazine groups is 2. The molecule has 0 aromatic heterocycles. The summed E-state index contributed by atoms with van der Waals surface area (Å²) in [6, 6.07) is 8.73. The van der Waals surface area contributed by atoms with Crippen LogP contribution in [0.5, 0.6) is 5.75 Å². The first kappa shape index (κ1) is 30.3. The molecule has 14 heteroatoms. The van der Waals surface area contributed by atoms with Gasteiger partial charge >= 0.3 is 0 Å². The highest BCUT2D eigenvalue weighted by Gasteiger charge is 2.32. The highest BCUT2D eigenvalue weighted by molar-refractivity contribution is 7.99. The molecule has 2 aliphatic rings. The third-order valence-electron chi connectivity index (χ3n) is 6.81. The number of likely N-dealkylation sites (N-methyl/N-ethyl adjacent to an activating group) is 1. The molecule has 4 N–H and O–H groups in total. The summed E-state index contributed by atoms with van der Waals surface area (Å²) >= 11 is 0. The zero-order valence-electron chi connectivity index (χ0n) is 24.4. The molecule has 2 aliphatic heterocycles. The number of sulfonamides is 1. The lowest BCUT2D eigenvalue weighted by molar-refractivity contribution is 0.102. The number of rotatable bonds is 7. The van der Waals surface area contributed by atoms with Gasteiger partial charge in [-0.2, -0.15) is 0 Å². The van der Waals surface area contributed by atoms with E-state index >= 15 is 0 Å². The van der Waals surface area contributed by atoms with E-state index in [0.29, 0.717) is 23.0 Å². The number of amidine groups is 1. The molecule has 12 nitrogen and oxygen atoms in total. The summed E-state index contributed by atoms with van der Waals surface area (Å²) < 4.78 is 44.1. The molecular weight excluding hydrogens is 566 g/mol. The van der Waals surface area contributed by atoms with Crippen LogP contribution >= 0.6 is 0 Å². The van der Waals surface area contributed by atoms with Crippen molar-refractivity contribution in [2.45, 2.75) is 39.2 Å². The molecule has 0 radical (unpaired) electrons. The van der Waals surface area contributed by atoms with Crippen molar-refractivity contribution in [3.63, 3.8) is 0 Å². The Kier molecular flexibility index (Phi) is 8.39. The Morgan fingerprint density at radius 2 is 1.88 bits per heavy atom. The molecule has 2 heterocycles. The lowest BCUT2D eigenvalue weighted by Gasteiger charge is -2.24. The number of carbonyl (C=O) groups excluding carboxylic acids is 1. The van der Waals surface area contributed by atoms with Gasteiger partial charge in [-0.1, -0.05) is 26.8 Å². The standard InChI is InChI=1S/C27H37N7O5S2/c1-16-9-10-17(11-22(16)34-15-21(30-32-34)23-14-28-26(33(23)5)40(7)36)25(35)29-19-12-18(27(2,3)4)13-20(24(19)39-6)31-41(8,37)38/h9-13,15,23,30-32H,14H2,1-8H3,(H,29,35). The number of nitrogens with one attached hydrogen (secondary N) is 4. The van der Waals surface area contributed by atoms with Gasteiger partial charge in [0.2, 0.25) is 10.0 Å². The maximum absolute atomic E-state index is 13.5. The Morgan fingerprint density at radius 1 is 1.20 bits per heavy atom. The number of hydrogen-bond donors (Lipinski definition) is 4. The maximum atomic E-state index is 13.5. The highest BCUT2D eigenvalue weighted by atomic mass is 32.2. The van der Waals surface area contributed by atoms with Gasteiger partial charge in [0.05, 0.1) is 59.5 Å². The number of nitrogens with zero attached hydrogens (tertiary/aromatic N) is 3. The van der Waals surface area contributed by atoms with Crippen LogP contribution in [0.4, 0.5) is 17.1 Å². The molecule has 2 atom stereocenters. The Morgan fingerprint density at radius 3 is 2.46 bits per heavy atom. The van der Waals surface area contributed by atoms with Crippen molar-refractivity contribution < 1.29 is 22.2 Å². The van der Waals surface area contributed by atoms with Gasteiger partial charge in [-0.05, 0) is 47.7 Å². The second-order valence-corrected chi connectivity index (χ2v) is 14.1. The van der Waals surface area contributed by atoms with E-state index in [1.807, 2.05) is 51.9 Å². The fourth-order valence-corrected chi connectivity index (χ4v) is 5.96. The molecule has 4 rings (SSSR count). The summed E-state index contributed by atoms with van der Waals surface area (Å²) in [4.78, 5) is 19.8. The lowest BCUT2D eigenvalue weighted by atomic mass is 9.86. The van der Waals surface area contributed by atoms with Crippen molar-refractivity contribution in [2.24, 2.45) is 4.99 Å². The average Bonchev–Trinajstić information content (AvgIpc) is 3.49. The van der Waals surface area contributed by atoms with Crippen molar-refractivity contribution in [2.75, 3.05) is 48.3 Å². The van der Waals surface area contributed by atoms with Gasteiger partial charge < -0.3 is 20.4 Å². The van der Waals surface area contributed by atoms with E-state index < -0.39 is 26.7 Å². The third-order valence-corrected chi connectivity index (χ3v) is 8.33. The van der Waals surface area contributed by atoms with E-state index in [1.165, 1.54) is 7.11 Å². The second-order valence-electron chi connectivity index (χ2n) is 11.1. The van der Waals surface area contributed by atoms with Crippen LogP contribution in [0.1, 0.15) is 42.3 Å². The van der Waals surface area contributed by atoms with Crippen molar-refractivity contribution in [1.82, 2.24) is 15.9 Å². The summed E-state index contributed by atoms with van der Waals surface area (Å²) in [5.74, 6) is -0.186. The van der Waals surface area contributed by atoms with E-state index in [4.69, 9.17) is 4.74 Å². The first-order valence-corrected chi connectivity index (χ1v) is 16.3. The Hall–Kier alpha value is -3.62. The number of hydrogen-bond acceptors (Lipinski definition) is 10. The normalized spacial score (nSPS) is 18.0. The summed E-state index contributed by atoms with van der Waals surface area (Å²) in [5, 5.41) is 5.24. The van der Waals surface area contributed by atoms with Crippen LogP contribution in [-0.2, 0) is 26.2 Å². The van der Waals surface area contributed by atoms with Gasteiger partial charge in [-0.3, -0.25) is 23.7 Å². The van der Waals surface area contributed by atoms with Gasteiger partial charge in [-0.15, -0.1) is 5.53 Å². The summed E-state index contributed by atoms with van der Waals surface area (Å²) in [6.07, 6.45) is 4.56. The van der Waals surface area contributed by atoms with E-state index in [2.05, 4.69) is 26.0 Å². The van der Waals surface area contributed by atoms with E-state index in [1.54, 1.807) is 35.5 Å². The molecule has 0 spiro atoms. The van der Waals surface area contributed by atoms with Gasteiger partial charge in [0, 0.05) is 25.1 Å².